The number of aryl methyl sites for hydroxylation is 3. The van der Waals surface area contributed by atoms with E-state index < -0.39 is 15.9 Å². The van der Waals surface area contributed by atoms with Crippen molar-refractivity contribution in [2.45, 2.75) is 31.8 Å². The van der Waals surface area contributed by atoms with E-state index in [0.717, 1.165) is 16.7 Å². The van der Waals surface area contributed by atoms with Crippen LogP contribution >= 0.6 is 0 Å². The zero-order chi connectivity index (χ0) is 24.3. The van der Waals surface area contributed by atoms with Crippen molar-refractivity contribution in [1.29, 1.82) is 0 Å². The molecule has 0 saturated carbocycles. The van der Waals surface area contributed by atoms with Gasteiger partial charge in [-0.15, -0.1) is 0 Å². The van der Waals surface area contributed by atoms with Gasteiger partial charge in [0.15, 0.2) is 11.5 Å². The number of carbonyl (C=O) groups excluding carboxylic acids is 1. The lowest BCUT2D eigenvalue weighted by Crippen LogP contribution is -2.45. The summed E-state index contributed by atoms with van der Waals surface area (Å²) in [6.45, 7) is 5.73. The van der Waals surface area contributed by atoms with Crippen LogP contribution in [0, 0.1) is 20.8 Å². The molecule has 1 amide bonds. The van der Waals surface area contributed by atoms with Crippen molar-refractivity contribution in [3.8, 4) is 11.5 Å². The van der Waals surface area contributed by atoms with Gasteiger partial charge in [-0.05, 0) is 62.2 Å². The van der Waals surface area contributed by atoms with E-state index in [1.54, 1.807) is 36.4 Å². The van der Waals surface area contributed by atoms with Gasteiger partial charge in [0, 0.05) is 0 Å². The molecule has 7 nitrogen and oxygen atoms in total. The van der Waals surface area contributed by atoms with Crippen molar-refractivity contribution in [3.63, 3.8) is 0 Å². The van der Waals surface area contributed by atoms with Crippen LogP contribution in [0.1, 0.15) is 16.7 Å². The number of para-hydroxylation sites is 2. The van der Waals surface area contributed by atoms with E-state index in [9.17, 15) is 13.2 Å². The molecule has 4 rings (SSSR count). The van der Waals surface area contributed by atoms with Crippen LogP contribution in [0.25, 0.3) is 0 Å². The summed E-state index contributed by atoms with van der Waals surface area (Å²) in [7, 11) is -3.97. The number of nitrogens with zero attached hydrogens (tertiary/aromatic N) is 1. The molecule has 0 aliphatic carbocycles. The summed E-state index contributed by atoms with van der Waals surface area (Å²) in [6.07, 6.45) is -0.373. The van der Waals surface area contributed by atoms with Gasteiger partial charge >= 0.3 is 0 Å². The van der Waals surface area contributed by atoms with E-state index >= 15 is 0 Å². The lowest BCUT2D eigenvalue weighted by Gasteiger charge is -2.28. The van der Waals surface area contributed by atoms with Crippen molar-refractivity contribution in [3.05, 3.63) is 83.4 Å². The van der Waals surface area contributed by atoms with Crippen molar-refractivity contribution in [2.75, 3.05) is 24.0 Å². The Labute approximate surface area is 200 Å². The molecule has 34 heavy (non-hydrogen) atoms. The molecule has 0 spiro atoms. The van der Waals surface area contributed by atoms with E-state index in [1.807, 2.05) is 51.1 Å². The first kappa shape index (κ1) is 23.6. The second kappa shape index (κ2) is 9.77. The number of hydrogen-bond donors (Lipinski definition) is 1. The van der Waals surface area contributed by atoms with Gasteiger partial charge in [-0.1, -0.05) is 42.0 Å². The average molecular weight is 481 g/mol. The zero-order valence-electron chi connectivity index (χ0n) is 19.4. The standard InChI is InChI=1S/C26H28N2O5S/c1-18-9-12-22(13-10-18)34(30,31)28(23-14-19(2)8-11-20(23)3)16-26(29)27-15-21-17-32-24-6-4-5-7-25(24)33-21/h4-14,21H,15-17H2,1-3H3,(H,27,29)/t21-/m1/s1. The Kier molecular flexibility index (Phi) is 6.79. The van der Waals surface area contributed by atoms with Crippen LogP contribution < -0.4 is 19.1 Å². The van der Waals surface area contributed by atoms with E-state index in [2.05, 4.69) is 5.32 Å². The molecule has 8 heteroatoms. The van der Waals surface area contributed by atoms with Crippen molar-refractivity contribution < 1.29 is 22.7 Å². The highest BCUT2D eigenvalue weighted by atomic mass is 32.2. The normalized spacial score (nSPS) is 15.0. The van der Waals surface area contributed by atoms with Gasteiger partial charge in [0.1, 0.15) is 19.3 Å². The average Bonchev–Trinajstić information content (AvgIpc) is 2.83. The summed E-state index contributed by atoms with van der Waals surface area (Å²) in [5, 5.41) is 2.80. The predicted molar refractivity (Wildman–Crippen MR) is 131 cm³/mol. The Bertz CT molecular complexity index is 1290. The summed E-state index contributed by atoms with van der Waals surface area (Å²) >= 11 is 0. The molecule has 0 bridgehead atoms. The van der Waals surface area contributed by atoms with Crippen molar-refractivity contribution in [2.24, 2.45) is 0 Å². The second-order valence-electron chi connectivity index (χ2n) is 8.42. The van der Waals surface area contributed by atoms with Crippen molar-refractivity contribution >= 4 is 21.6 Å². The summed E-state index contributed by atoms with van der Waals surface area (Å²) in [6, 6.07) is 19.5. The highest BCUT2D eigenvalue weighted by Crippen LogP contribution is 2.31. The number of ether oxygens (including phenoxy) is 2. The van der Waals surface area contributed by atoms with Gasteiger partial charge < -0.3 is 14.8 Å². The fraction of sp³-hybridized carbons (Fsp3) is 0.269. The minimum Gasteiger partial charge on any atom is -0.486 e. The molecule has 1 aliphatic heterocycles. The molecule has 3 aromatic carbocycles. The monoisotopic (exact) mass is 480 g/mol. The molecule has 3 aromatic rings. The third-order valence-electron chi connectivity index (χ3n) is 5.62. The Hall–Kier alpha value is -3.52. The number of hydrogen-bond acceptors (Lipinski definition) is 5. The third kappa shape index (κ3) is 5.17. The topological polar surface area (TPSA) is 84.9 Å². The molecule has 0 saturated heterocycles. The summed E-state index contributed by atoms with van der Waals surface area (Å²) in [4.78, 5) is 13.1. The minimum absolute atomic E-state index is 0.132. The minimum atomic E-state index is -3.97. The summed E-state index contributed by atoms with van der Waals surface area (Å²) in [5.74, 6) is 0.848. The molecule has 0 radical (unpaired) electrons. The number of benzene rings is 3. The molecular formula is C26H28N2O5S. The predicted octanol–water partition coefficient (Wildman–Crippen LogP) is 3.76. The number of rotatable bonds is 7. The Morgan fingerprint density at radius 3 is 2.38 bits per heavy atom. The molecule has 1 N–H and O–H groups in total. The Morgan fingerprint density at radius 1 is 0.971 bits per heavy atom. The van der Waals surface area contributed by atoms with E-state index in [0.29, 0.717) is 23.8 Å². The van der Waals surface area contributed by atoms with Crippen LogP contribution in [0.2, 0.25) is 0 Å². The van der Waals surface area contributed by atoms with Gasteiger partial charge in [-0.25, -0.2) is 8.42 Å². The highest BCUT2D eigenvalue weighted by Gasteiger charge is 2.29. The molecule has 1 atom stereocenters. The number of fused-ring (bicyclic) bond motifs is 1. The SMILES string of the molecule is Cc1ccc(S(=O)(=O)N(CC(=O)NC[C@@H]2COc3ccccc3O2)c2cc(C)ccc2C)cc1. The number of anilines is 1. The molecule has 1 heterocycles. The first-order valence-corrected chi connectivity index (χ1v) is 12.5. The number of nitrogens with one attached hydrogen (secondary N) is 1. The van der Waals surface area contributed by atoms with E-state index in [4.69, 9.17) is 9.47 Å². The Morgan fingerprint density at radius 2 is 1.65 bits per heavy atom. The molecular weight excluding hydrogens is 452 g/mol. The summed E-state index contributed by atoms with van der Waals surface area (Å²) < 4.78 is 39.9. The van der Waals surface area contributed by atoms with Crippen LogP contribution in [-0.4, -0.2) is 40.1 Å². The maximum atomic E-state index is 13.6. The second-order valence-corrected chi connectivity index (χ2v) is 10.3. The third-order valence-corrected chi connectivity index (χ3v) is 7.40. The number of carbonyl (C=O) groups is 1. The highest BCUT2D eigenvalue weighted by molar-refractivity contribution is 7.92. The lowest BCUT2D eigenvalue weighted by molar-refractivity contribution is -0.120. The van der Waals surface area contributed by atoms with Gasteiger partial charge in [-0.2, -0.15) is 0 Å². The maximum Gasteiger partial charge on any atom is 0.264 e. The first-order valence-electron chi connectivity index (χ1n) is 11.1. The smallest absolute Gasteiger partial charge is 0.264 e. The van der Waals surface area contributed by atoms with Crippen LogP contribution in [0.15, 0.2) is 71.6 Å². The zero-order valence-corrected chi connectivity index (χ0v) is 20.3. The van der Waals surface area contributed by atoms with Gasteiger partial charge in [-0.3, -0.25) is 9.10 Å². The molecule has 0 aromatic heterocycles. The van der Waals surface area contributed by atoms with Crippen LogP contribution in [0.5, 0.6) is 11.5 Å². The molecule has 178 valence electrons. The van der Waals surface area contributed by atoms with Crippen LogP contribution in [-0.2, 0) is 14.8 Å². The van der Waals surface area contributed by atoms with Crippen LogP contribution in [0.3, 0.4) is 0 Å². The van der Waals surface area contributed by atoms with Crippen LogP contribution in [0.4, 0.5) is 5.69 Å². The molecule has 1 aliphatic rings. The van der Waals surface area contributed by atoms with E-state index in [1.165, 1.54) is 4.31 Å². The summed E-state index contributed by atoms with van der Waals surface area (Å²) in [5.41, 5.74) is 3.08. The first-order chi connectivity index (χ1) is 16.2. The quantitative estimate of drug-likeness (QED) is 0.557. The maximum absolute atomic E-state index is 13.6. The van der Waals surface area contributed by atoms with Crippen molar-refractivity contribution in [1.82, 2.24) is 5.32 Å². The fourth-order valence-corrected chi connectivity index (χ4v) is 5.18. The van der Waals surface area contributed by atoms with E-state index in [-0.39, 0.29) is 24.1 Å². The molecule has 0 unspecified atom stereocenters. The lowest BCUT2D eigenvalue weighted by atomic mass is 10.1. The molecule has 0 fully saturated rings. The number of sulfonamides is 1. The number of amides is 1. The fourth-order valence-electron chi connectivity index (χ4n) is 3.70. The van der Waals surface area contributed by atoms with Gasteiger partial charge in [0.05, 0.1) is 17.1 Å². The van der Waals surface area contributed by atoms with Gasteiger partial charge in [0.25, 0.3) is 10.0 Å². The largest absolute Gasteiger partial charge is 0.486 e. The Balaban J connectivity index is 1.53. The van der Waals surface area contributed by atoms with Gasteiger partial charge in [0.2, 0.25) is 5.91 Å².